The molecular weight excluding hydrogens is 274 g/mol. The average molecular weight is 298 g/mol. The van der Waals surface area contributed by atoms with Gasteiger partial charge in [0.25, 0.3) is 0 Å². The lowest BCUT2D eigenvalue weighted by atomic mass is 10.1. The van der Waals surface area contributed by atoms with Crippen molar-refractivity contribution in [1.29, 1.82) is 0 Å². The Morgan fingerprint density at radius 2 is 2.10 bits per heavy atom. The molecule has 0 bridgehead atoms. The summed E-state index contributed by atoms with van der Waals surface area (Å²) in [6.07, 6.45) is 5.98. The summed E-state index contributed by atoms with van der Waals surface area (Å²) in [4.78, 5) is 0. The molecule has 0 spiro atoms. The number of rotatable bonds is 9. The molecule has 0 saturated heterocycles. The molecule has 112 valence electrons. The molecule has 1 saturated carbocycles. The monoisotopic (exact) mass is 297 g/mol. The second-order valence-corrected chi connectivity index (χ2v) is 5.74. The normalized spacial score (nSPS) is 14.3. The molecule has 0 atom stereocenters. The Labute approximate surface area is 126 Å². The molecule has 1 aliphatic carbocycles. The minimum atomic E-state index is 0.660. The summed E-state index contributed by atoms with van der Waals surface area (Å²) in [5.74, 6) is 1.56. The van der Waals surface area contributed by atoms with Crippen LogP contribution in [0.4, 0.5) is 0 Å². The zero-order valence-electron chi connectivity index (χ0n) is 12.4. The Morgan fingerprint density at radius 1 is 1.30 bits per heavy atom. The van der Waals surface area contributed by atoms with Gasteiger partial charge in [-0.1, -0.05) is 31.4 Å². The van der Waals surface area contributed by atoms with Crippen LogP contribution in [0, 0.1) is 0 Å². The zero-order valence-corrected chi connectivity index (χ0v) is 13.1. The topological polar surface area (TPSA) is 30.5 Å². The third-order valence-electron chi connectivity index (χ3n) is 3.47. The van der Waals surface area contributed by atoms with E-state index in [1.54, 1.807) is 7.11 Å². The summed E-state index contributed by atoms with van der Waals surface area (Å²) in [5.41, 5.74) is 1.08. The van der Waals surface area contributed by atoms with Gasteiger partial charge in [0, 0.05) is 29.2 Å². The molecule has 1 aromatic rings. The van der Waals surface area contributed by atoms with E-state index in [0.29, 0.717) is 11.1 Å². The van der Waals surface area contributed by atoms with Gasteiger partial charge in [-0.3, -0.25) is 0 Å². The molecule has 1 aliphatic rings. The Kier molecular flexibility index (Phi) is 5.99. The van der Waals surface area contributed by atoms with Gasteiger partial charge in [-0.2, -0.15) is 0 Å². The molecule has 3 nitrogen and oxygen atoms in total. The Morgan fingerprint density at radius 3 is 2.75 bits per heavy atom. The molecule has 0 aromatic heterocycles. The third-order valence-corrected chi connectivity index (χ3v) is 3.69. The average Bonchev–Trinajstić information content (AvgIpc) is 3.26. The van der Waals surface area contributed by atoms with Crippen molar-refractivity contribution in [3.63, 3.8) is 0 Å². The highest BCUT2D eigenvalue weighted by Gasteiger charge is 2.21. The van der Waals surface area contributed by atoms with Crippen LogP contribution in [0.15, 0.2) is 12.1 Å². The SMILES string of the molecule is CCCCCOc1c(CNC2CC2)cc(Cl)cc1OC. The van der Waals surface area contributed by atoms with Crippen molar-refractivity contribution in [2.45, 2.75) is 51.6 Å². The first-order chi connectivity index (χ1) is 9.74. The highest BCUT2D eigenvalue weighted by atomic mass is 35.5. The molecule has 0 amide bonds. The lowest BCUT2D eigenvalue weighted by Gasteiger charge is -2.16. The number of unbranched alkanes of at least 4 members (excludes halogenated alkanes) is 2. The van der Waals surface area contributed by atoms with Gasteiger partial charge in [0.1, 0.15) is 0 Å². The summed E-state index contributed by atoms with van der Waals surface area (Å²) in [5, 5.41) is 4.19. The van der Waals surface area contributed by atoms with E-state index >= 15 is 0 Å². The number of nitrogens with one attached hydrogen (secondary N) is 1. The van der Waals surface area contributed by atoms with Crippen molar-refractivity contribution in [2.75, 3.05) is 13.7 Å². The summed E-state index contributed by atoms with van der Waals surface area (Å²) >= 11 is 6.15. The van der Waals surface area contributed by atoms with Gasteiger partial charge in [-0.25, -0.2) is 0 Å². The van der Waals surface area contributed by atoms with Gasteiger partial charge in [-0.15, -0.1) is 0 Å². The smallest absolute Gasteiger partial charge is 0.165 e. The number of ether oxygens (including phenoxy) is 2. The number of halogens is 1. The van der Waals surface area contributed by atoms with Gasteiger partial charge < -0.3 is 14.8 Å². The number of hydrogen-bond donors (Lipinski definition) is 1. The van der Waals surface area contributed by atoms with Crippen molar-refractivity contribution in [1.82, 2.24) is 5.32 Å². The highest BCUT2D eigenvalue weighted by Crippen LogP contribution is 2.35. The van der Waals surface area contributed by atoms with E-state index in [4.69, 9.17) is 21.1 Å². The first-order valence-electron chi connectivity index (χ1n) is 7.47. The maximum atomic E-state index is 6.15. The summed E-state index contributed by atoms with van der Waals surface area (Å²) in [6.45, 7) is 3.70. The predicted octanol–water partition coefficient (Wildman–Crippen LogP) is 4.17. The van der Waals surface area contributed by atoms with E-state index in [1.165, 1.54) is 25.7 Å². The van der Waals surface area contributed by atoms with E-state index in [9.17, 15) is 0 Å². The van der Waals surface area contributed by atoms with Crippen LogP contribution in [-0.4, -0.2) is 19.8 Å². The third kappa shape index (κ3) is 4.57. The highest BCUT2D eigenvalue weighted by molar-refractivity contribution is 6.30. The van der Waals surface area contributed by atoms with E-state index in [2.05, 4.69) is 12.2 Å². The standard InChI is InChI=1S/C16H24ClNO2/c1-3-4-5-8-20-16-12(11-18-14-6-7-14)9-13(17)10-15(16)19-2/h9-10,14,18H,3-8,11H2,1-2H3. The lowest BCUT2D eigenvalue weighted by molar-refractivity contribution is 0.282. The Balaban J connectivity index is 2.06. The van der Waals surface area contributed by atoms with Crippen LogP contribution in [0.1, 0.15) is 44.6 Å². The Hall–Kier alpha value is -0.930. The first kappa shape index (κ1) is 15.5. The quantitative estimate of drug-likeness (QED) is 0.694. The van der Waals surface area contributed by atoms with Gasteiger partial charge in [0.15, 0.2) is 11.5 Å². The van der Waals surface area contributed by atoms with Crippen molar-refractivity contribution in [3.8, 4) is 11.5 Å². The zero-order chi connectivity index (χ0) is 14.4. The fourth-order valence-electron chi connectivity index (χ4n) is 2.14. The van der Waals surface area contributed by atoms with Crippen LogP contribution in [0.3, 0.4) is 0 Å². The molecule has 0 heterocycles. The van der Waals surface area contributed by atoms with Crippen molar-refractivity contribution < 1.29 is 9.47 Å². The van der Waals surface area contributed by atoms with Gasteiger partial charge in [0.2, 0.25) is 0 Å². The minimum absolute atomic E-state index is 0.660. The molecule has 0 radical (unpaired) electrons. The van der Waals surface area contributed by atoms with Crippen LogP contribution in [0.5, 0.6) is 11.5 Å². The first-order valence-corrected chi connectivity index (χ1v) is 7.85. The molecule has 0 aliphatic heterocycles. The maximum absolute atomic E-state index is 6.15. The molecule has 0 unspecified atom stereocenters. The molecule has 1 aromatic carbocycles. The van der Waals surface area contributed by atoms with Crippen molar-refractivity contribution >= 4 is 11.6 Å². The molecule has 4 heteroatoms. The van der Waals surface area contributed by atoms with Gasteiger partial charge in [0.05, 0.1) is 13.7 Å². The molecule has 1 N–H and O–H groups in total. The lowest BCUT2D eigenvalue weighted by Crippen LogP contribution is -2.16. The predicted molar refractivity (Wildman–Crippen MR) is 82.9 cm³/mol. The largest absolute Gasteiger partial charge is 0.493 e. The van der Waals surface area contributed by atoms with E-state index in [-0.39, 0.29) is 0 Å². The van der Waals surface area contributed by atoms with Gasteiger partial charge in [-0.05, 0) is 25.3 Å². The van der Waals surface area contributed by atoms with E-state index < -0.39 is 0 Å². The fourth-order valence-corrected chi connectivity index (χ4v) is 2.37. The van der Waals surface area contributed by atoms with Crippen LogP contribution < -0.4 is 14.8 Å². The summed E-state index contributed by atoms with van der Waals surface area (Å²) in [7, 11) is 1.66. The van der Waals surface area contributed by atoms with Crippen LogP contribution >= 0.6 is 11.6 Å². The summed E-state index contributed by atoms with van der Waals surface area (Å²) < 4.78 is 11.4. The second kappa shape index (κ2) is 7.75. The van der Waals surface area contributed by atoms with Crippen molar-refractivity contribution in [2.24, 2.45) is 0 Å². The maximum Gasteiger partial charge on any atom is 0.165 e. The van der Waals surface area contributed by atoms with Gasteiger partial charge >= 0.3 is 0 Å². The van der Waals surface area contributed by atoms with E-state index in [1.807, 2.05) is 12.1 Å². The summed E-state index contributed by atoms with van der Waals surface area (Å²) in [6, 6.07) is 4.44. The second-order valence-electron chi connectivity index (χ2n) is 5.31. The number of methoxy groups -OCH3 is 1. The minimum Gasteiger partial charge on any atom is -0.493 e. The van der Waals surface area contributed by atoms with Crippen LogP contribution in [0.2, 0.25) is 5.02 Å². The number of benzene rings is 1. The van der Waals surface area contributed by atoms with Crippen LogP contribution in [0.25, 0.3) is 0 Å². The molecule has 1 fully saturated rings. The molecule has 2 rings (SSSR count). The van der Waals surface area contributed by atoms with Crippen LogP contribution in [-0.2, 0) is 6.54 Å². The fraction of sp³-hybridized carbons (Fsp3) is 0.625. The van der Waals surface area contributed by atoms with E-state index in [0.717, 1.165) is 36.6 Å². The molecular formula is C16H24ClNO2. The van der Waals surface area contributed by atoms with Crippen molar-refractivity contribution in [3.05, 3.63) is 22.7 Å². The Bertz CT molecular complexity index is 433. The number of hydrogen-bond acceptors (Lipinski definition) is 3. The molecule has 20 heavy (non-hydrogen) atoms.